The molecule has 0 unspecified atom stereocenters. The summed E-state index contributed by atoms with van der Waals surface area (Å²) in [6, 6.07) is 11.0. The number of hydrogen-bond acceptors (Lipinski definition) is 7. The van der Waals surface area contributed by atoms with Gasteiger partial charge in [0, 0.05) is 31.4 Å². The van der Waals surface area contributed by atoms with E-state index in [0.29, 0.717) is 16.9 Å². The highest BCUT2D eigenvalue weighted by molar-refractivity contribution is 6.46. The summed E-state index contributed by atoms with van der Waals surface area (Å²) in [7, 11) is 2.97. The van der Waals surface area contributed by atoms with Gasteiger partial charge >= 0.3 is 0 Å². The van der Waals surface area contributed by atoms with E-state index in [9.17, 15) is 24.8 Å². The van der Waals surface area contributed by atoms with Crippen LogP contribution in [0.15, 0.2) is 54.1 Å². The van der Waals surface area contributed by atoms with E-state index in [2.05, 4.69) is 0 Å². The second kappa shape index (κ2) is 8.75. The highest BCUT2D eigenvalue weighted by Gasteiger charge is 2.45. The fourth-order valence-electron chi connectivity index (χ4n) is 3.33. The molecule has 1 fully saturated rings. The van der Waals surface area contributed by atoms with Crippen molar-refractivity contribution in [2.24, 2.45) is 0 Å². The van der Waals surface area contributed by atoms with E-state index >= 15 is 0 Å². The maximum Gasteiger partial charge on any atom is 0.295 e. The second-order valence-electron chi connectivity index (χ2n) is 6.56. The molecular weight excluding hydrogens is 392 g/mol. The Bertz CT molecular complexity index is 997. The fourth-order valence-corrected chi connectivity index (χ4v) is 3.33. The predicted molar refractivity (Wildman–Crippen MR) is 107 cm³/mol. The topological polar surface area (TPSA) is 119 Å². The lowest BCUT2D eigenvalue weighted by Crippen LogP contribution is -2.32. The van der Waals surface area contributed by atoms with Gasteiger partial charge in [0.25, 0.3) is 17.4 Å². The van der Waals surface area contributed by atoms with E-state index < -0.39 is 22.7 Å². The molecule has 1 aliphatic heterocycles. The number of rotatable bonds is 7. The lowest BCUT2D eigenvalue weighted by molar-refractivity contribution is -0.384. The van der Waals surface area contributed by atoms with Crippen molar-refractivity contribution in [2.75, 3.05) is 27.4 Å². The molecule has 1 N–H and O–H groups in total. The van der Waals surface area contributed by atoms with Crippen molar-refractivity contribution in [1.29, 1.82) is 0 Å². The Morgan fingerprint density at radius 1 is 1.10 bits per heavy atom. The maximum absolute atomic E-state index is 12.8. The predicted octanol–water partition coefficient (Wildman–Crippen LogP) is 2.67. The number of nitro benzene ring substituents is 1. The molecule has 1 heterocycles. The molecule has 0 saturated carbocycles. The number of Topliss-reactive ketones (excluding diaryl/α,β-unsaturated/α-hetero) is 1. The third-order valence-corrected chi connectivity index (χ3v) is 4.86. The first-order valence-corrected chi connectivity index (χ1v) is 9.05. The molecule has 30 heavy (non-hydrogen) atoms. The molecule has 2 aromatic carbocycles. The number of carbonyl (C=O) groups excluding carboxylic acids is 2. The number of non-ortho nitro benzene ring substituents is 1. The van der Waals surface area contributed by atoms with Crippen LogP contribution in [0, 0.1) is 10.1 Å². The Hall–Kier alpha value is -3.72. The minimum Gasteiger partial charge on any atom is -0.507 e. The first-order chi connectivity index (χ1) is 14.4. The Balaban J connectivity index is 2.12. The standard InChI is InChI=1S/C21H20N2O7/c1-29-12-11-22-18(13-3-7-15(8-4-13)23(27)28)17(20(25)21(22)26)19(24)14-5-9-16(30-2)10-6-14/h3-10,18,24H,11-12H2,1-2H3/b19-17+/t18-/m0/s1. The number of nitro groups is 1. The highest BCUT2D eigenvalue weighted by Crippen LogP contribution is 2.39. The van der Waals surface area contributed by atoms with Crippen LogP contribution in [0.2, 0.25) is 0 Å². The van der Waals surface area contributed by atoms with Crippen LogP contribution in [0.5, 0.6) is 5.75 Å². The van der Waals surface area contributed by atoms with Gasteiger partial charge < -0.3 is 19.5 Å². The zero-order valence-electron chi connectivity index (χ0n) is 16.4. The van der Waals surface area contributed by atoms with Gasteiger partial charge in [-0.1, -0.05) is 0 Å². The van der Waals surface area contributed by atoms with Gasteiger partial charge in [-0.15, -0.1) is 0 Å². The molecule has 1 atom stereocenters. The summed E-state index contributed by atoms with van der Waals surface area (Å²) in [5, 5.41) is 21.9. The largest absolute Gasteiger partial charge is 0.507 e. The average Bonchev–Trinajstić information content (AvgIpc) is 3.02. The Kier molecular flexibility index (Phi) is 6.12. The number of methoxy groups -OCH3 is 2. The molecule has 0 spiro atoms. The van der Waals surface area contributed by atoms with E-state index in [-0.39, 0.29) is 30.2 Å². The average molecular weight is 412 g/mol. The molecule has 1 saturated heterocycles. The third kappa shape index (κ3) is 3.87. The Labute approximate surface area is 172 Å². The third-order valence-electron chi connectivity index (χ3n) is 4.86. The number of ketones is 1. The zero-order valence-corrected chi connectivity index (χ0v) is 16.4. The molecule has 9 heteroatoms. The van der Waals surface area contributed by atoms with Crippen LogP contribution in [-0.2, 0) is 14.3 Å². The van der Waals surface area contributed by atoms with Gasteiger partial charge in [0.1, 0.15) is 11.5 Å². The number of ether oxygens (including phenoxy) is 2. The van der Waals surface area contributed by atoms with Crippen LogP contribution >= 0.6 is 0 Å². The highest BCUT2D eigenvalue weighted by atomic mass is 16.6. The number of carbonyl (C=O) groups is 2. The summed E-state index contributed by atoms with van der Waals surface area (Å²) in [4.78, 5) is 37.2. The van der Waals surface area contributed by atoms with Crippen LogP contribution in [0.1, 0.15) is 17.2 Å². The molecule has 9 nitrogen and oxygen atoms in total. The van der Waals surface area contributed by atoms with Crippen LogP contribution in [-0.4, -0.2) is 54.0 Å². The van der Waals surface area contributed by atoms with Gasteiger partial charge in [0.15, 0.2) is 0 Å². The number of aliphatic hydroxyl groups excluding tert-OH is 1. The number of hydrogen-bond donors (Lipinski definition) is 1. The van der Waals surface area contributed by atoms with Gasteiger partial charge in [-0.3, -0.25) is 19.7 Å². The molecule has 0 radical (unpaired) electrons. The molecule has 0 bridgehead atoms. The fraction of sp³-hybridized carbons (Fsp3) is 0.238. The van der Waals surface area contributed by atoms with Gasteiger partial charge in [-0.05, 0) is 42.0 Å². The van der Waals surface area contributed by atoms with E-state index in [1.54, 1.807) is 24.3 Å². The molecule has 156 valence electrons. The molecule has 1 amide bonds. The summed E-state index contributed by atoms with van der Waals surface area (Å²) < 4.78 is 10.1. The number of nitrogens with zero attached hydrogens (tertiary/aromatic N) is 2. The normalized spacial score (nSPS) is 17.9. The van der Waals surface area contributed by atoms with Crippen LogP contribution in [0.4, 0.5) is 5.69 Å². The SMILES string of the molecule is COCCN1C(=O)C(=O)/C(=C(/O)c2ccc(OC)cc2)[C@@H]1c1ccc([N+](=O)[O-])cc1. The zero-order chi connectivity index (χ0) is 21.8. The van der Waals surface area contributed by atoms with Gasteiger partial charge in [-0.25, -0.2) is 0 Å². The van der Waals surface area contributed by atoms with Gasteiger partial charge in [0.05, 0.1) is 30.3 Å². The minimum atomic E-state index is -0.900. The lowest BCUT2D eigenvalue weighted by Gasteiger charge is -2.25. The maximum atomic E-state index is 12.8. The van der Waals surface area contributed by atoms with Gasteiger partial charge in [-0.2, -0.15) is 0 Å². The lowest BCUT2D eigenvalue weighted by atomic mass is 9.95. The second-order valence-corrected chi connectivity index (χ2v) is 6.56. The van der Waals surface area contributed by atoms with E-state index in [1.165, 1.54) is 43.4 Å². The van der Waals surface area contributed by atoms with Crippen molar-refractivity contribution in [1.82, 2.24) is 4.90 Å². The quantitative estimate of drug-likeness (QED) is 0.244. The molecule has 2 aromatic rings. The molecular formula is C21H20N2O7. The van der Waals surface area contributed by atoms with Crippen molar-refractivity contribution in [2.45, 2.75) is 6.04 Å². The summed E-state index contributed by atoms with van der Waals surface area (Å²) in [6.45, 7) is 0.293. The van der Waals surface area contributed by atoms with Crippen molar-refractivity contribution in [3.63, 3.8) is 0 Å². The Morgan fingerprint density at radius 3 is 2.27 bits per heavy atom. The first-order valence-electron chi connectivity index (χ1n) is 9.05. The van der Waals surface area contributed by atoms with Crippen LogP contribution < -0.4 is 4.74 Å². The van der Waals surface area contributed by atoms with Crippen LogP contribution in [0.25, 0.3) is 5.76 Å². The van der Waals surface area contributed by atoms with Crippen molar-refractivity contribution in [3.05, 3.63) is 75.3 Å². The minimum absolute atomic E-state index is 0.0878. The number of likely N-dealkylation sites (tertiary alicyclic amines) is 1. The van der Waals surface area contributed by atoms with Crippen molar-refractivity contribution >= 4 is 23.1 Å². The van der Waals surface area contributed by atoms with Crippen LogP contribution in [0.3, 0.4) is 0 Å². The van der Waals surface area contributed by atoms with Gasteiger partial charge in [0.2, 0.25) is 0 Å². The molecule has 0 aromatic heterocycles. The van der Waals surface area contributed by atoms with E-state index in [1.807, 2.05) is 0 Å². The summed E-state index contributed by atoms with van der Waals surface area (Å²) in [5.41, 5.74) is 0.594. The number of aliphatic hydroxyl groups is 1. The number of amides is 1. The van der Waals surface area contributed by atoms with E-state index in [0.717, 1.165) is 0 Å². The van der Waals surface area contributed by atoms with Crippen molar-refractivity contribution in [3.8, 4) is 5.75 Å². The summed E-state index contributed by atoms with van der Waals surface area (Å²) in [6.07, 6.45) is 0. The Morgan fingerprint density at radius 2 is 1.73 bits per heavy atom. The summed E-state index contributed by atoms with van der Waals surface area (Å²) in [5.74, 6) is -1.37. The number of benzene rings is 2. The molecule has 1 aliphatic rings. The molecule has 3 rings (SSSR count). The van der Waals surface area contributed by atoms with E-state index in [4.69, 9.17) is 9.47 Å². The van der Waals surface area contributed by atoms with Crippen molar-refractivity contribution < 1.29 is 29.1 Å². The molecule has 0 aliphatic carbocycles. The smallest absolute Gasteiger partial charge is 0.295 e. The summed E-state index contributed by atoms with van der Waals surface area (Å²) >= 11 is 0. The first kappa shape index (κ1) is 21.0. The monoisotopic (exact) mass is 412 g/mol.